The van der Waals surface area contributed by atoms with Crippen LogP contribution >= 0.6 is 0 Å². The summed E-state index contributed by atoms with van der Waals surface area (Å²) in [5.41, 5.74) is 3.81. The fraction of sp³-hybridized carbons (Fsp3) is 0. The van der Waals surface area contributed by atoms with Crippen molar-refractivity contribution in [2.24, 2.45) is 0 Å². The second-order valence-electron chi connectivity index (χ2n) is 6.03. The van der Waals surface area contributed by atoms with Crippen molar-refractivity contribution in [1.82, 2.24) is 9.97 Å². The largest absolute Gasteiger partial charge is 0.337 e. The number of benzene rings is 4. The lowest BCUT2D eigenvalue weighted by Crippen LogP contribution is -2.00. The summed E-state index contributed by atoms with van der Waals surface area (Å²) < 4.78 is 0. The lowest BCUT2D eigenvalue weighted by atomic mass is 9.94. The van der Waals surface area contributed by atoms with Gasteiger partial charge in [0, 0.05) is 16.3 Å². The van der Waals surface area contributed by atoms with Gasteiger partial charge in [-0.05, 0) is 10.8 Å². The van der Waals surface area contributed by atoms with Crippen molar-refractivity contribution in [2.45, 2.75) is 0 Å². The molecule has 0 amide bonds. The van der Waals surface area contributed by atoms with Gasteiger partial charge in [0.2, 0.25) is 0 Å². The van der Waals surface area contributed by atoms with E-state index in [2.05, 4.69) is 53.5 Å². The standard InChI is InChI=1S/C21H13BN2/c22-14-7-5-6-13(12-14)21-23-19-17-10-3-1-8-15(17)16-9-2-4-11-18(16)20(19)24-21/h1-12H,(H,23,24). The van der Waals surface area contributed by atoms with Crippen molar-refractivity contribution in [3.8, 4) is 11.4 Å². The zero-order chi connectivity index (χ0) is 16.1. The first-order chi connectivity index (χ1) is 11.8. The van der Waals surface area contributed by atoms with Crippen molar-refractivity contribution in [2.75, 3.05) is 0 Å². The molecule has 0 saturated heterocycles. The van der Waals surface area contributed by atoms with Crippen LogP contribution < -0.4 is 5.46 Å². The first-order valence-corrected chi connectivity index (χ1v) is 7.96. The van der Waals surface area contributed by atoms with E-state index in [4.69, 9.17) is 12.8 Å². The maximum Gasteiger partial charge on any atom is 0.138 e. The molecule has 0 aliphatic rings. The third-order valence-corrected chi connectivity index (χ3v) is 4.53. The molecule has 5 rings (SSSR count). The Kier molecular flexibility index (Phi) is 2.77. The summed E-state index contributed by atoms with van der Waals surface area (Å²) in [4.78, 5) is 8.40. The Balaban J connectivity index is 1.95. The number of nitrogens with one attached hydrogen (secondary N) is 1. The number of H-pyrrole nitrogens is 1. The van der Waals surface area contributed by atoms with Crippen LogP contribution in [-0.2, 0) is 0 Å². The molecule has 24 heavy (non-hydrogen) atoms. The predicted molar refractivity (Wildman–Crippen MR) is 102 cm³/mol. The average Bonchev–Trinajstić information content (AvgIpc) is 3.08. The van der Waals surface area contributed by atoms with Crippen molar-refractivity contribution in [3.63, 3.8) is 0 Å². The molecule has 1 aromatic heterocycles. The van der Waals surface area contributed by atoms with Gasteiger partial charge < -0.3 is 4.98 Å². The molecule has 1 heterocycles. The summed E-state index contributed by atoms with van der Waals surface area (Å²) in [6.07, 6.45) is 0. The Bertz CT molecular complexity index is 1150. The maximum absolute atomic E-state index is 5.93. The van der Waals surface area contributed by atoms with Crippen LogP contribution in [0.2, 0.25) is 0 Å². The molecule has 0 fully saturated rings. The van der Waals surface area contributed by atoms with E-state index in [1.54, 1.807) is 0 Å². The predicted octanol–water partition coefficient (Wildman–Crippen LogP) is 4.33. The van der Waals surface area contributed by atoms with Crippen molar-refractivity contribution in [1.29, 1.82) is 0 Å². The van der Waals surface area contributed by atoms with Crippen LogP contribution in [0, 0.1) is 0 Å². The third kappa shape index (κ3) is 1.88. The number of rotatable bonds is 1. The quantitative estimate of drug-likeness (QED) is 0.362. The third-order valence-electron chi connectivity index (χ3n) is 4.53. The summed E-state index contributed by atoms with van der Waals surface area (Å²) in [6, 6.07) is 24.7. The topological polar surface area (TPSA) is 28.7 Å². The van der Waals surface area contributed by atoms with Gasteiger partial charge in [-0.1, -0.05) is 78.3 Å². The molecule has 5 aromatic rings. The van der Waals surface area contributed by atoms with Crippen LogP contribution in [0.1, 0.15) is 0 Å². The van der Waals surface area contributed by atoms with Gasteiger partial charge in [0.15, 0.2) is 0 Å². The molecule has 110 valence electrons. The summed E-state index contributed by atoms with van der Waals surface area (Å²) in [5.74, 6) is 0.846. The minimum absolute atomic E-state index is 0.739. The van der Waals surface area contributed by atoms with Crippen LogP contribution in [-0.4, -0.2) is 17.8 Å². The van der Waals surface area contributed by atoms with E-state index in [9.17, 15) is 0 Å². The van der Waals surface area contributed by atoms with E-state index in [1.165, 1.54) is 16.2 Å². The second kappa shape index (κ2) is 4.97. The Morgan fingerprint density at radius 1 is 0.708 bits per heavy atom. The van der Waals surface area contributed by atoms with E-state index >= 15 is 0 Å². The average molecular weight is 304 g/mol. The SMILES string of the molecule is [B]c1cccc(-c2nc3c4ccccc4c4ccccc4c3[nH]2)c1. The summed E-state index contributed by atoms with van der Waals surface area (Å²) in [5, 5.41) is 4.82. The van der Waals surface area contributed by atoms with Crippen LogP contribution in [0.15, 0.2) is 72.8 Å². The van der Waals surface area contributed by atoms with Gasteiger partial charge in [-0.2, -0.15) is 0 Å². The van der Waals surface area contributed by atoms with Crippen molar-refractivity contribution in [3.05, 3.63) is 72.8 Å². The molecule has 0 atom stereocenters. The molecular weight excluding hydrogens is 291 g/mol. The van der Waals surface area contributed by atoms with Crippen LogP contribution in [0.4, 0.5) is 0 Å². The molecule has 0 bridgehead atoms. The van der Waals surface area contributed by atoms with Crippen molar-refractivity contribution < 1.29 is 0 Å². The van der Waals surface area contributed by atoms with Gasteiger partial charge in [-0.3, -0.25) is 0 Å². The first-order valence-electron chi connectivity index (χ1n) is 7.96. The Morgan fingerprint density at radius 2 is 1.38 bits per heavy atom. The first kappa shape index (κ1) is 13.4. The van der Waals surface area contributed by atoms with E-state index in [1.807, 2.05) is 24.3 Å². The van der Waals surface area contributed by atoms with Gasteiger partial charge in [-0.25, -0.2) is 4.98 Å². The zero-order valence-electron chi connectivity index (χ0n) is 13.0. The highest BCUT2D eigenvalue weighted by Crippen LogP contribution is 2.34. The van der Waals surface area contributed by atoms with Gasteiger partial charge >= 0.3 is 0 Å². The monoisotopic (exact) mass is 304 g/mol. The molecule has 0 unspecified atom stereocenters. The van der Waals surface area contributed by atoms with Gasteiger partial charge in [0.05, 0.1) is 11.0 Å². The second-order valence-corrected chi connectivity index (χ2v) is 6.03. The molecule has 0 spiro atoms. The summed E-state index contributed by atoms with van der Waals surface area (Å²) in [7, 11) is 5.93. The van der Waals surface area contributed by atoms with Gasteiger partial charge in [0.25, 0.3) is 0 Å². The highest BCUT2D eigenvalue weighted by atomic mass is 14.9. The maximum atomic E-state index is 5.93. The smallest absolute Gasteiger partial charge is 0.138 e. The molecule has 3 heteroatoms. The number of aromatic nitrogens is 2. The van der Waals surface area contributed by atoms with Gasteiger partial charge in [0.1, 0.15) is 13.7 Å². The molecule has 2 nitrogen and oxygen atoms in total. The molecule has 1 N–H and O–H groups in total. The fourth-order valence-electron chi connectivity index (χ4n) is 3.45. The minimum Gasteiger partial charge on any atom is -0.337 e. The number of imidazole rings is 1. The summed E-state index contributed by atoms with van der Waals surface area (Å²) >= 11 is 0. The van der Waals surface area contributed by atoms with E-state index < -0.39 is 0 Å². The summed E-state index contributed by atoms with van der Waals surface area (Å²) in [6.45, 7) is 0. The highest BCUT2D eigenvalue weighted by Gasteiger charge is 2.13. The Labute approximate surface area is 140 Å². The minimum atomic E-state index is 0.739. The normalized spacial score (nSPS) is 11.5. The lowest BCUT2D eigenvalue weighted by molar-refractivity contribution is 1.34. The Morgan fingerprint density at radius 3 is 2.12 bits per heavy atom. The van der Waals surface area contributed by atoms with Crippen LogP contribution in [0.5, 0.6) is 0 Å². The highest BCUT2D eigenvalue weighted by molar-refractivity contribution is 6.32. The number of nitrogens with zero attached hydrogens (tertiary/aromatic N) is 1. The molecular formula is C21H13BN2. The number of hydrogen-bond donors (Lipinski definition) is 1. The van der Waals surface area contributed by atoms with E-state index in [0.717, 1.165) is 33.3 Å². The van der Waals surface area contributed by atoms with Crippen LogP contribution in [0.25, 0.3) is 44.0 Å². The van der Waals surface area contributed by atoms with E-state index in [-0.39, 0.29) is 0 Å². The van der Waals surface area contributed by atoms with Gasteiger partial charge in [-0.15, -0.1) is 0 Å². The molecule has 2 radical (unpaired) electrons. The lowest BCUT2D eigenvalue weighted by Gasteiger charge is -2.05. The fourth-order valence-corrected chi connectivity index (χ4v) is 3.45. The number of hydrogen-bond acceptors (Lipinski definition) is 1. The molecule has 0 aliphatic heterocycles. The molecule has 0 aliphatic carbocycles. The number of fused-ring (bicyclic) bond motifs is 6. The van der Waals surface area contributed by atoms with Crippen LogP contribution in [0.3, 0.4) is 0 Å². The molecule has 0 saturated carbocycles. The number of aromatic amines is 1. The van der Waals surface area contributed by atoms with Crippen molar-refractivity contribution >= 4 is 45.9 Å². The Hall–Kier alpha value is -3.07. The zero-order valence-corrected chi connectivity index (χ0v) is 13.0. The molecule has 4 aromatic carbocycles. The van der Waals surface area contributed by atoms with E-state index in [0.29, 0.717) is 0 Å².